The molecule has 1 unspecified atom stereocenters. The second kappa shape index (κ2) is 8.29. The maximum atomic E-state index is 12.7. The summed E-state index contributed by atoms with van der Waals surface area (Å²) in [4.78, 5) is 18.9. The van der Waals surface area contributed by atoms with Crippen molar-refractivity contribution in [2.24, 2.45) is 0 Å². The fourth-order valence-corrected chi connectivity index (χ4v) is 5.21. The number of amides is 1. The average Bonchev–Trinajstić information content (AvgIpc) is 3.35. The number of furan rings is 1. The molecule has 0 radical (unpaired) electrons. The van der Waals surface area contributed by atoms with Crippen molar-refractivity contribution in [3.63, 3.8) is 0 Å². The zero-order chi connectivity index (χ0) is 19.5. The number of likely N-dealkylation sites (tertiary alicyclic amines) is 1. The Kier molecular flexibility index (Phi) is 5.59. The molecule has 5 nitrogen and oxygen atoms in total. The summed E-state index contributed by atoms with van der Waals surface area (Å²) >= 11 is 1.65. The Labute approximate surface area is 169 Å². The number of carbonyl (C=O) groups is 1. The van der Waals surface area contributed by atoms with E-state index in [1.54, 1.807) is 28.4 Å². The molecular weight excluding hydrogens is 370 g/mol. The number of thiophene rings is 1. The highest BCUT2D eigenvalue weighted by Crippen LogP contribution is 2.38. The van der Waals surface area contributed by atoms with Gasteiger partial charge < -0.3 is 14.6 Å². The number of aryl methyl sites for hydroxylation is 1. The molecule has 1 aliphatic heterocycles. The Bertz CT molecular complexity index is 928. The second-order valence-electron chi connectivity index (χ2n) is 7.43. The zero-order valence-corrected chi connectivity index (χ0v) is 17.2. The first kappa shape index (κ1) is 18.9. The van der Waals surface area contributed by atoms with Crippen LogP contribution in [0.5, 0.6) is 0 Å². The van der Waals surface area contributed by atoms with E-state index in [4.69, 9.17) is 4.42 Å². The van der Waals surface area contributed by atoms with E-state index in [2.05, 4.69) is 36.3 Å². The lowest BCUT2D eigenvalue weighted by atomic mass is 9.96. The molecule has 4 heterocycles. The number of aromatic nitrogens is 1. The summed E-state index contributed by atoms with van der Waals surface area (Å²) in [5.41, 5.74) is 3.68. The van der Waals surface area contributed by atoms with Gasteiger partial charge in [0.2, 0.25) is 11.7 Å². The number of hydrogen-bond donors (Lipinski definition) is 2. The molecule has 1 saturated heterocycles. The van der Waals surface area contributed by atoms with Gasteiger partial charge >= 0.3 is 0 Å². The van der Waals surface area contributed by atoms with Gasteiger partial charge in [-0.2, -0.15) is 0 Å². The average molecular weight is 398 g/mol. The van der Waals surface area contributed by atoms with E-state index < -0.39 is 0 Å². The second-order valence-corrected chi connectivity index (χ2v) is 8.65. The number of H-pyrrole nitrogens is 1. The number of piperidine rings is 1. The Morgan fingerprint density at radius 2 is 2.00 bits per heavy atom. The van der Waals surface area contributed by atoms with Crippen LogP contribution in [0.25, 0.3) is 0 Å². The van der Waals surface area contributed by atoms with E-state index in [9.17, 15) is 4.79 Å². The maximum Gasteiger partial charge on any atom is 0.291 e. The third-order valence-electron chi connectivity index (χ3n) is 5.64. The predicted molar refractivity (Wildman–Crippen MR) is 110 cm³/mol. The van der Waals surface area contributed by atoms with Crippen molar-refractivity contribution in [2.45, 2.75) is 39.2 Å². The molecule has 0 aromatic carbocycles. The first-order valence-corrected chi connectivity index (χ1v) is 10.7. The monoisotopic (exact) mass is 397 g/mol. The Hall–Kier alpha value is -2.44. The molecular formula is C22H27N3O2S+2. The molecule has 146 valence electrons. The van der Waals surface area contributed by atoms with E-state index in [-0.39, 0.29) is 11.9 Å². The molecule has 1 amide bonds. The predicted octanol–water partition coefficient (Wildman–Crippen LogP) is 3.18. The van der Waals surface area contributed by atoms with Crippen LogP contribution >= 0.6 is 11.3 Å². The topological polar surface area (TPSA) is 60.8 Å². The van der Waals surface area contributed by atoms with Gasteiger partial charge in [-0.1, -0.05) is 0 Å². The van der Waals surface area contributed by atoms with Crippen molar-refractivity contribution in [1.82, 2.24) is 0 Å². The number of hydrogen-bond acceptors (Lipinski definition) is 3. The first-order valence-electron chi connectivity index (χ1n) is 9.91. The van der Waals surface area contributed by atoms with Crippen LogP contribution in [0.2, 0.25) is 0 Å². The number of aromatic amines is 1. The van der Waals surface area contributed by atoms with Gasteiger partial charge in [0.15, 0.2) is 12.0 Å². The van der Waals surface area contributed by atoms with Gasteiger partial charge in [-0.25, -0.2) is 4.98 Å². The highest BCUT2D eigenvalue weighted by molar-refractivity contribution is 7.16. The van der Waals surface area contributed by atoms with Crippen LogP contribution in [0.1, 0.15) is 57.6 Å². The molecule has 3 aromatic rings. The van der Waals surface area contributed by atoms with Crippen LogP contribution in [-0.4, -0.2) is 19.0 Å². The van der Waals surface area contributed by atoms with Crippen molar-refractivity contribution >= 4 is 22.2 Å². The highest BCUT2D eigenvalue weighted by Gasteiger charge is 2.37. The van der Waals surface area contributed by atoms with Crippen molar-refractivity contribution < 1.29 is 19.1 Å². The van der Waals surface area contributed by atoms with Crippen LogP contribution in [0.15, 0.2) is 47.2 Å². The number of carbonyl (C=O) groups excluding carboxylic acids is 1. The largest absolute Gasteiger partial charge is 0.459 e. The summed E-state index contributed by atoms with van der Waals surface area (Å²) < 4.78 is 5.29. The van der Waals surface area contributed by atoms with Crippen LogP contribution in [0.4, 0.5) is 5.00 Å². The van der Waals surface area contributed by atoms with Crippen LogP contribution in [0, 0.1) is 13.8 Å². The lowest BCUT2D eigenvalue weighted by Crippen LogP contribution is -3.13. The summed E-state index contributed by atoms with van der Waals surface area (Å²) in [6.07, 6.45) is 7.31. The highest BCUT2D eigenvalue weighted by atomic mass is 32.1. The Balaban J connectivity index is 1.76. The fraction of sp³-hybridized carbons (Fsp3) is 0.364. The number of pyridine rings is 1. The van der Waals surface area contributed by atoms with E-state index in [1.165, 1.54) is 47.2 Å². The van der Waals surface area contributed by atoms with Gasteiger partial charge in [0.1, 0.15) is 5.00 Å². The molecule has 1 fully saturated rings. The van der Waals surface area contributed by atoms with Crippen LogP contribution in [-0.2, 0) is 0 Å². The fourth-order valence-electron chi connectivity index (χ4n) is 4.12. The van der Waals surface area contributed by atoms with Crippen molar-refractivity contribution in [3.8, 4) is 0 Å². The SMILES string of the molecule is Cc1sc(NC(=O)c2ccco2)c(C(c2cccc[nH+]2)[NH+]2CCCCC2)c1C. The minimum absolute atomic E-state index is 0.179. The quantitative estimate of drug-likeness (QED) is 0.695. The third-order valence-corrected chi connectivity index (χ3v) is 6.78. The molecule has 6 heteroatoms. The van der Waals surface area contributed by atoms with Crippen molar-refractivity contribution in [1.29, 1.82) is 0 Å². The van der Waals surface area contributed by atoms with Gasteiger partial charge in [-0.05, 0) is 56.9 Å². The summed E-state index contributed by atoms with van der Waals surface area (Å²) in [6, 6.07) is 9.87. The molecule has 3 N–H and O–H groups in total. The van der Waals surface area contributed by atoms with Gasteiger partial charge in [-0.15, -0.1) is 11.3 Å². The Morgan fingerprint density at radius 3 is 2.68 bits per heavy atom. The summed E-state index contributed by atoms with van der Waals surface area (Å²) in [5.74, 6) is 0.139. The normalized spacial score (nSPS) is 16.1. The lowest BCUT2D eigenvalue weighted by molar-refractivity contribution is -0.934. The van der Waals surface area contributed by atoms with E-state index in [1.807, 2.05) is 12.3 Å². The molecule has 1 aliphatic rings. The summed E-state index contributed by atoms with van der Waals surface area (Å²) in [5, 5.41) is 4.05. The summed E-state index contributed by atoms with van der Waals surface area (Å²) in [6.45, 7) is 6.59. The number of nitrogens with one attached hydrogen (secondary N) is 3. The van der Waals surface area contributed by atoms with Gasteiger partial charge in [0.05, 0.1) is 24.9 Å². The van der Waals surface area contributed by atoms with Gasteiger partial charge in [-0.3, -0.25) is 4.79 Å². The third kappa shape index (κ3) is 3.75. The molecule has 3 aromatic heterocycles. The number of anilines is 1. The van der Waals surface area contributed by atoms with Gasteiger partial charge in [0, 0.05) is 17.0 Å². The van der Waals surface area contributed by atoms with E-state index >= 15 is 0 Å². The lowest BCUT2D eigenvalue weighted by Gasteiger charge is -2.30. The smallest absolute Gasteiger partial charge is 0.291 e. The summed E-state index contributed by atoms with van der Waals surface area (Å²) in [7, 11) is 0. The molecule has 0 bridgehead atoms. The number of quaternary nitrogens is 1. The molecule has 4 rings (SSSR count). The molecule has 28 heavy (non-hydrogen) atoms. The van der Waals surface area contributed by atoms with Crippen molar-refractivity contribution in [2.75, 3.05) is 18.4 Å². The first-order chi connectivity index (χ1) is 13.6. The van der Waals surface area contributed by atoms with Gasteiger partial charge in [0.25, 0.3) is 5.91 Å². The van der Waals surface area contributed by atoms with E-state index in [0.717, 1.165) is 18.1 Å². The molecule has 0 spiro atoms. The number of rotatable bonds is 5. The molecule has 1 atom stereocenters. The minimum atomic E-state index is -0.197. The molecule has 0 aliphatic carbocycles. The minimum Gasteiger partial charge on any atom is -0.459 e. The van der Waals surface area contributed by atoms with E-state index in [0.29, 0.717) is 5.76 Å². The molecule has 0 saturated carbocycles. The maximum absolute atomic E-state index is 12.7. The van der Waals surface area contributed by atoms with Crippen LogP contribution in [0.3, 0.4) is 0 Å². The zero-order valence-electron chi connectivity index (χ0n) is 16.4. The van der Waals surface area contributed by atoms with Crippen LogP contribution < -0.4 is 15.2 Å². The standard InChI is InChI=1S/C22H25N3O2S/c1-15-16(2)28-22(24-21(26)18-10-8-14-27-18)19(15)20(17-9-4-5-11-23-17)25-12-6-3-7-13-25/h4-5,8-11,14,20H,3,6-7,12-13H2,1-2H3,(H,24,26)/p+2. The van der Waals surface area contributed by atoms with Crippen molar-refractivity contribution in [3.05, 3.63) is 70.3 Å². The Morgan fingerprint density at radius 1 is 1.18 bits per heavy atom.